The lowest BCUT2D eigenvalue weighted by Crippen LogP contribution is -2.38. The molecule has 2 atom stereocenters. The van der Waals surface area contributed by atoms with Crippen molar-refractivity contribution in [1.29, 1.82) is 0 Å². The van der Waals surface area contributed by atoms with E-state index in [2.05, 4.69) is 11.9 Å². The summed E-state index contributed by atoms with van der Waals surface area (Å²) in [6.07, 6.45) is 1.09. The van der Waals surface area contributed by atoms with Crippen LogP contribution in [0.4, 0.5) is 0 Å². The van der Waals surface area contributed by atoms with Gasteiger partial charge >= 0.3 is 0 Å². The van der Waals surface area contributed by atoms with Crippen LogP contribution in [0.3, 0.4) is 0 Å². The molecule has 21 heavy (non-hydrogen) atoms. The van der Waals surface area contributed by atoms with Crippen LogP contribution in [-0.4, -0.2) is 62.7 Å². The zero-order valence-corrected chi connectivity index (χ0v) is 12.9. The molecule has 1 aromatic rings. The molecule has 0 radical (unpaired) electrons. The number of hydrogen-bond donors (Lipinski definition) is 0. The van der Waals surface area contributed by atoms with E-state index in [0.717, 1.165) is 44.8 Å². The summed E-state index contributed by atoms with van der Waals surface area (Å²) >= 11 is 0. The van der Waals surface area contributed by atoms with Gasteiger partial charge in [0.1, 0.15) is 0 Å². The number of hydrogen-bond acceptors (Lipinski definition) is 3. The van der Waals surface area contributed by atoms with Crippen LogP contribution in [0, 0.1) is 11.3 Å². The molecule has 2 aliphatic heterocycles. The number of amides is 1. The number of rotatable bonds is 3. The van der Waals surface area contributed by atoms with Crippen LogP contribution in [0.1, 0.15) is 16.8 Å². The fraction of sp³-hybridized carbons (Fsp3) is 0.588. The first-order valence-corrected chi connectivity index (χ1v) is 7.66. The van der Waals surface area contributed by atoms with Crippen LogP contribution in [0.2, 0.25) is 0 Å². The number of methoxy groups -OCH3 is 1. The van der Waals surface area contributed by atoms with Gasteiger partial charge in [-0.25, -0.2) is 0 Å². The van der Waals surface area contributed by atoms with Crippen molar-refractivity contribution >= 4 is 5.91 Å². The van der Waals surface area contributed by atoms with Gasteiger partial charge in [0.15, 0.2) is 0 Å². The predicted molar refractivity (Wildman–Crippen MR) is 82.3 cm³/mol. The third-order valence-electron chi connectivity index (χ3n) is 5.04. The molecule has 0 aliphatic carbocycles. The summed E-state index contributed by atoms with van der Waals surface area (Å²) in [5.41, 5.74) is 1.01. The van der Waals surface area contributed by atoms with Gasteiger partial charge in [0, 0.05) is 50.2 Å². The van der Waals surface area contributed by atoms with Gasteiger partial charge in [-0.05, 0) is 25.6 Å². The molecule has 0 aromatic heterocycles. The van der Waals surface area contributed by atoms with Gasteiger partial charge in [0.25, 0.3) is 5.91 Å². The molecule has 3 rings (SSSR count). The van der Waals surface area contributed by atoms with E-state index in [9.17, 15) is 4.79 Å². The van der Waals surface area contributed by atoms with Gasteiger partial charge < -0.3 is 14.5 Å². The van der Waals surface area contributed by atoms with Crippen molar-refractivity contribution in [3.63, 3.8) is 0 Å². The van der Waals surface area contributed by atoms with E-state index in [0.29, 0.717) is 5.92 Å². The summed E-state index contributed by atoms with van der Waals surface area (Å²) in [6, 6.07) is 9.61. The summed E-state index contributed by atoms with van der Waals surface area (Å²) < 4.78 is 5.41. The minimum atomic E-state index is 0.165. The van der Waals surface area contributed by atoms with Gasteiger partial charge in [0.2, 0.25) is 0 Å². The highest BCUT2D eigenvalue weighted by Crippen LogP contribution is 2.43. The number of nitrogens with zero attached hydrogens (tertiary/aromatic N) is 2. The zero-order chi connectivity index (χ0) is 14.9. The molecule has 0 saturated carbocycles. The predicted octanol–water partition coefficient (Wildman–Crippen LogP) is 1.73. The van der Waals surface area contributed by atoms with Crippen molar-refractivity contribution in [1.82, 2.24) is 9.80 Å². The Kier molecular flexibility index (Phi) is 4.00. The SMILES string of the molecule is COC[C@@H]1CN(C)C[C@@]12CCN(C(=O)c1ccccc1)C2. The van der Waals surface area contributed by atoms with Gasteiger partial charge in [-0.2, -0.15) is 0 Å². The molecule has 1 aromatic carbocycles. The maximum Gasteiger partial charge on any atom is 0.253 e. The summed E-state index contributed by atoms with van der Waals surface area (Å²) in [4.78, 5) is 17.0. The van der Waals surface area contributed by atoms with Gasteiger partial charge in [-0.1, -0.05) is 18.2 Å². The fourth-order valence-corrected chi connectivity index (χ4v) is 4.03. The second-order valence-corrected chi connectivity index (χ2v) is 6.55. The average Bonchev–Trinajstić information content (AvgIpc) is 3.04. The molecule has 114 valence electrons. The van der Waals surface area contributed by atoms with Crippen LogP contribution in [0.25, 0.3) is 0 Å². The Labute approximate surface area is 126 Å². The number of carbonyl (C=O) groups is 1. The van der Waals surface area contributed by atoms with Crippen molar-refractivity contribution in [2.24, 2.45) is 11.3 Å². The highest BCUT2D eigenvalue weighted by atomic mass is 16.5. The van der Waals surface area contributed by atoms with Crippen LogP contribution in [0.5, 0.6) is 0 Å². The van der Waals surface area contributed by atoms with Crippen molar-refractivity contribution in [2.45, 2.75) is 6.42 Å². The standard InChI is InChI=1S/C17H24N2O2/c1-18-10-15(11-21-2)17(12-18)8-9-19(13-17)16(20)14-6-4-3-5-7-14/h3-7,15H,8-13H2,1-2H3/t15-,17+/m0/s1. The van der Waals surface area contributed by atoms with Gasteiger partial charge in [0.05, 0.1) is 6.61 Å². The Morgan fingerprint density at radius 1 is 1.33 bits per heavy atom. The second kappa shape index (κ2) is 5.78. The first-order chi connectivity index (χ1) is 10.1. The second-order valence-electron chi connectivity index (χ2n) is 6.55. The molecule has 0 unspecified atom stereocenters. The molecule has 0 bridgehead atoms. The fourth-order valence-electron chi connectivity index (χ4n) is 4.03. The lowest BCUT2D eigenvalue weighted by Gasteiger charge is -2.30. The maximum atomic E-state index is 12.6. The van der Waals surface area contributed by atoms with Crippen molar-refractivity contribution < 1.29 is 9.53 Å². The molecule has 1 amide bonds. The van der Waals surface area contributed by atoms with E-state index >= 15 is 0 Å². The summed E-state index contributed by atoms with van der Waals surface area (Å²) in [6.45, 7) is 4.65. The van der Waals surface area contributed by atoms with Crippen LogP contribution in [0.15, 0.2) is 30.3 Å². The Morgan fingerprint density at radius 2 is 2.10 bits per heavy atom. The van der Waals surface area contributed by atoms with E-state index in [-0.39, 0.29) is 11.3 Å². The summed E-state index contributed by atoms with van der Waals surface area (Å²) in [5.74, 6) is 0.694. The molecule has 2 saturated heterocycles. The monoisotopic (exact) mass is 288 g/mol. The molecular weight excluding hydrogens is 264 g/mol. The van der Waals surface area contributed by atoms with Crippen molar-refractivity contribution in [2.75, 3.05) is 46.9 Å². The quantitative estimate of drug-likeness (QED) is 0.849. The van der Waals surface area contributed by atoms with Crippen molar-refractivity contribution in [3.05, 3.63) is 35.9 Å². The zero-order valence-electron chi connectivity index (χ0n) is 12.9. The van der Waals surface area contributed by atoms with Gasteiger partial charge in [-0.15, -0.1) is 0 Å². The van der Waals surface area contributed by atoms with Crippen LogP contribution < -0.4 is 0 Å². The lowest BCUT2D eigenvalue weighted by atomic mass is 9.77. The molecule has 2 aliphatic rings. The summed E-state index contributed by atoms with van der Waals surface area (Å²) in [5, 5.41) is 0. The lowest BCUT2D eigenvalue weighted by molar-refractivity contribution is 0.0716. The number of carbonyl (C=O) groups excluding carboxylic acids is 1. The highest BCUT2D eigenvalue weighted by molar-refractivity contribution is 5.94. The Morgan fingerprint density at radius 3 is 2.81 bits per heavy atom. The largest absolute Gasteiger partial charge is 0.384 e. The molecular formula is C17H24N2O2. The molecule has 1 spiro atoms. The van der Waals surface area contributed by atoms with E-state index in [1.807, 2.05) is 35.2 Å². The smallest absolute Gasteiger partial charge is 0.253 e. The molecule has 2 fully saturated rings. The highest BCUT2D eigenvalue weighted by Gasteiger charge is 2.50. The van der Waals surface area contributed by atoms with E-state index < -0.39 is 0 Å². The minimum absolute atomic E-state index is 0.165. The first kappa shape index (κ1) is 14.5. The van der Waals surface area contributed by atoms with Crippen LogP contribution in [-0.2, 0) is 4.74 Å². The molecule has 0 N–H and O–H groups in total. The molecule has 4 heteroatoms. The van der Waals surface area contributed by atoms with E-state index in [4.69, 9.17) is 4.74 Å². The van der Waals surface area contributed by atoms with Gasteiger partial charge in [-0.3, -0.25) is 4.79 Å². The normalized spacial score (nSPS) is 29.4. The average molecular weight is 288 g/mol. The van der Waals surface area contributed by atoms with E-state index in [1.54, 1.807) is 7.11 Å². The number of ether oxygens (including phenoxy) is 1. The third kappa shape index (κ3) is 2.70. The number of benzene rings is 1. The van der Waals surface area contributed by atoms with Crippen LogP contribution >= 0.6 is 0 Å². The summed E-state index contributed by atoms with van der Waals surface area (Å²) in [7, 11) is 3.94. The topological polar surface area (TPSA) is 32.8 Å². The number of likely N-dealkylation sites (tertiary alicyclic amines) is 2. The minimum Gasteiger partial charge on any atom is -0.384 e. The Bertz CT molecular complexity index is 505. The Balaban J connectivity index is 1.74. The molecule has 4 nitrogen and oxygen atoms in total. The third-order valence-corrected chi connectivity index (χ3v) is 5.04. The van der Waals surface area contributed by atoms with E-state index in [1.165, 1.54) is 0 Å². The molecule has 2 heterocycles. The Hall–Kier alpha value is -1.39. The maximum absolute atomic E-state index is 12.6. The van der Waals surface area contributed by atoms with Crippen molar-refractivity contribution in [3.8, 4) is 0 Å². The first-order valence-electron chi connectivity index (χ1n) is 7.66.